The second kappa shape index (κ2) is 5.35. The third kappa shape index (κ3) is 2.65. The van der Waals surface area contributed by atoms with Crippen LogP contribution >= 0.6 is 0 Å². The fraction of sp³-hybridized carbons (Fsp3) is 0.188. The van der Waals surface area contributed by atoms with Gasteiger partial charge in [-0.2, -0.15) is 0 Å². The summed E-state index contributed by atoms with van der Waals surface area (Å²) >= 11 is 0. The van der Waals surface area contributed by atoms with Gasteiger partial charge in [-0.15, -0.1) is 0 Å². The maximum atomic E-state index is 5.65. The van der Waals surface area contributed by atoms with E-state index in [0.29, 0.717) is 12.4 Å². The Morgan fingerprint density at radius 3 is 2.85 bits per heavy atom. The number of rotatable bonds is 4. The number of hydrogen-bond acceptors (Lipinski definition) is 4. The van der Waals surface area contributed by atoms with Crippen molar-refractivity contribution in [2.75, 3.05) is 5.32 Å². The molecule has 0 aliphatic carbocycles. The smallest absolute Gasteiger partial charge is 0.192 e. The van der Waals surface area contributed by atoms with Gasteiger partial charge < -0.3 is 15.5 Å². The number of nitrogens with two attached hydrogens (primary N) is 1. The highest BCUT2D eigenvalue weighted by Gasteiger charge is 2.03. The van der Waals surface area contributed by atoms with Crippen LogP contribution in [0.3, 0.4) is 0 Å². The first-order valence-electron chi connectivity index (χ1n) is 6.63. The maximum absolute atomic E-state index is 5.65. The van der Waals surface area contributed by atoms with Crippen molar-refractivity contribution in [1.82, 2.24) is 4.98 Å². The van der Waals surface area contributed by atoms with E-state index in [9.17, 15) is 0 Å². The summed E-state index contributed by atoms with van der Waals surface area (Å²) in [4.78, 5) is 4.33. The van der Waals surface area contributed by atoms with Gasteiger partial charge in [0.15, 0.2) is 11.5 Å². The molecule has 0 amide bonds. The molecule has 3 aromatic rings. The molecule has 20 heavy (non-hydrogen) atoms. The molecule has 3 rings (SSSR count). The molecule has 3 N–H and O–H groups in total. The summed E-state index contributed by atoms with van der Waals surface area (Å²) in [6, 6.07) is 14.2. The van der Waals surface area contributed by atoms with Gasteiger partial charge in [-0.05, 0) is 29.3 Å². The number of oxazole rings is 1. The zero-order valence-corrected chi connectivity index (χ0v) is 11.4. The Hall–Kier alpha value is -2.33. The molecule has 0 bridgehead atoms. The van der Waals surface area contributed by atoms with Crippen molar-refractivity contribution in [3.8, 4) is 0 Å². The summed E-state index contributed by atoms with van der Waals surface area (Å²) < 4.78 is 5.46. The number of aryl methyl sites for hydroxylation is 1. The van der Waals surface area contributed by atoms with Crippen molar-refractivity contribution >= 4 is 16.8 Å². The van der Waals surface area contributed by atoms with Crippen molar-refractivity contribution in [2.24, 2.45) is 5.73 Å². The first-order chi connectivity index (χ1) is 9.74. The maximum Gasteiger partial charge on any atom is 0.192 e. The number of hydrogen-bond donors (Lipinski definition) is 2. The number of anilines is 1. The van der Waals surface area contributed by atoms with Gasteiger partial charge in [0.2, 0.25) is 0 Å². The average Bonchev–Trinajstić information content (AvgIpc) is 2.84. The number of aromatic nitrogens is 1. The van der Waals surface area contributed by atoms with E-state index in [2.05, 4.69) is 22.4 Å². The fourth-order valence-electron chi connectivity index (χ4n) is 2.22. The zero-order chi connectivity index (χ0) is 13.9. The van der Waals surface area contributed by atoms with E-state index in [0.717, 1.165) is 28.9 Å². The SMILES string of the molecule is Cc1nc2cc(NCc3cccc(CN)c3)ccc2o1. The van der Waals surface area contributed by atoms with Crippen molar-refractivity contribution in [3.63, 3.8) is 0 Å². The van der Waals surface area contributed by atoms with Crippen molar-refractivity contribution < 1.29 is 4.42 Å². The van der Waals surface area contributed by atoms with Crippen LogP contribution in [0.5, 0.6) is 0 Å². The number of fused-ring (bicyclic) bond motifs is 1. The molecule has 0 unspecified atom stereocenters. The third-order valence-corrected chi connectivity index (χ3v) is 3.22. The molecular formula is C16H17N3O. The average molecular weight is 267 g/mol. The minimum absolute atomic E-state index is 0.567. The van der Waals surface area contributed by atoms with Crippen molar-refractivity contribution in [2.45, 2.75) is 20.0 Å². The molecule has 4 heteroatoms. The van der Waals surface area contributed by atoms with Gasteiger partial charge in [-0.3, -0.25) is 0 Å². The molecule has 1 aromatic heterocycles. The molecule has 1 heterocycles. The lowest BCUT2D eigenvalue weighted by Crippen LogP contribution is -2.01. The predicted octanol–water partition coefficient (Wildman–Crippen LogP) is 3.21. The molecule has 0 saturated carbocycles. The largest absolute Gasteiger partial charge is 0.441 e. The highest BCUT2D eigenvalue weighted by Crippen LogP contribution is 2.20. The molecule has 0 spiro atoms. The summed E-state index contributed by atoms with van der Waals surface area (Å²) in [6.07, 6.45) is 0. The Bertz CT molecular complexity index is 733. The molecule has 0 aliphatic rings. The van der Waals surface area contributed by atoms with Crippen LogP contribution in [0, 0.1) is 6.92 Å². The molecule has 0 radical (unpaired) electrons. The first-order valence-corrected chi connectivity index (χ1v) is 6.63. The minimum atomic E-state index is 0.567. The summed E-state index contributed by atoms with van der Waals surface area (Å²) in [5.74, 6) is 0.688. The van der Waals surface area contributed by atoms with Crippen LogP contribution in [0.2, 0.25) is 0 Å². The van der Waals surface area contributed by atoms with Crippen molar-refractivity contribution in [1.29, 1.82) is 0 Å². The Morgan fingerprint density at radius 2 is 2.00 bits per heavy atom. The van der Waals surface area contributed by atoms with Crippen LogP contribution in [0.25, 0.3) is 11.1 Å². The topological polar surface area (TPSA) is 64.1 Å². The highest BCUT2D eigenvalue weighted by molar-refractivity contribution is 5.77. The van der Waals surface area contributed by atoms with Crippen LogP contribution in [0.15, 0.2) is 46.9 Å². The van der Waals surface area contributed by atoms with E-state index < -0.39 is 0 Å². The minimum Gasteiger partial charge on any atom is -0.441 e. The van der Waals surface area contributed by atoms with Gasteiger partial charge in [0.1, 0.15) is 5.52 Å². The van der Waals surface area contributed by atoms with Crippen LogP contribution < -0.4 is 11.1 Å². The molecule has 0 atom stereocenters. The van der Waals surface area contributed by atoms with Crippen LogP contribution in [0.4, 0.5) is 5.69 Å². The van der Waals surface area contributed by atoms with Crippen LogP contribution in [-0.4, -0.2) is 4.98 Å². The summed E-state index contributed by atoms with van der Waals surface area (Å²) in [6.45, 7) is 3.18. The quantitative estimate of drug-likeness (QED) is 0.762. The summed E-state index contributed by atoms with van der Waals surface area (Å²) in [5.41, 5.74) is 10.7. The van der Waals surface area contributed by atoms with Crippen LogP contribution in [0.1, 0.15) is 17.0 Å². The lowest BCUT2D eigenvalue weighted by Gasteiger charge is -2.07. The lowest BCUT2D eigenvalue weighted by molar-refractivity contribution is 0.561. The number of benzene rings is 2. The number of nitrogens with one attached hydrogen (secondary N) is 1. The summed E-state index contributed by atoms with van der Waals surface area (Å²) in [5, 5.41) is 3.39. The van der Waals surface area contributed by atoms with E-state index in [4.69, 9.17) is 10.2 Å². The van der Waals surface area contributed by atoms with Gasteiger partial charge >= 0.3 is 0 Å². The van der Waals surface area contributed by atoms with Crippen LogP contribution in [-0.2, 0) is 13.1 Å². The number of nitrogens with zero attached hydrogens (tertiary/aromatic N) is 1. The summed E-state index contributed by atoms with van der Waals surface area (Å²) in [7, 11) is 0. The Labute approximate surface area is 117 Å². The zero-order valence-electron chi connectivity index (χ0n) is 11.4. The predicted molar refractivity (Wildman–Crippen MR) is 80.4 cm³/mol. The monoisotopic (exact) mass is 267 g/mol. The third-order valence-electron chi connectivity index (χ3n) is 3.22. The molecule has 4 nitrogen and oxygen atoms in total. The molecule has 0 aliphatic heterocycles. The van der Waals surface area contributed by atoms with Gasteiger partial charge in [-0.1, -0.05) is 24.3 Å². The molecule has 102 valence electrons. The Morgan fingerprint density at radius 1 is 1.15 bits per heavy atom. The second-order valence-corrected chi connectivity index (χ2v) is 4.79. The van der Waals surface area contributed by atoms with Gasteiger partial charge in [0.05, 0.1) is 0 Å². The van der Waals surface area contributed by atoms with Gasteiger partial charge in [0, 0.05) is 25.7 Å². The molecule has 0 fully saturated rings. The van der Waals surface area contributed by atoms with E-state index in [1.807, 2.05) is 37.3 Å². The highest BCUT2D eigenvalue weighted by atomic mass is 16.3. The normalized spacial score (nSPS) is 10.9. The van der Waals surface area contributed by atoms with E-state index in [-0.39, 0.29) is 0 Å². The van der Waals surface area contributed by atoms with Crippen molar-refractivity contribution in [3.05, 3.63) is 59.5 Å². The van der Waals surface area contributed by atoms with Gasteiger partial charge in [0.25, 0.3) is 0 Å². The first kappa shape index (κ1) is 12.7. The van der Waals surface area contributed by atoms with E-state index >= 15 is 0 Å². The van der Waals surface area contributed by atoms with E-state index in [1.54, 1.807) is 0 Å². The van der Waals surface area contributed by atoms with Gasteiger partial charge in [-0.25, -0.2) is 4.98 Å². The Kier molecular flexibility index (Phi) is 3.39. The fourth-order valence-corrected chi connectivity index (χ4v) is 2.22. The standard InChI is InChI=1S/C16H17N3O/c1-11-19-15-8-14(5-6-16(15)20-11)18-10-13-4-2-3-12(7-13)9-17/h2-8,18H,9-10,17H2,1H3. The second-order valence-electron chi connectivity index (χ2n) is 4.79. The lowest BCUT2D eigenvalue weighted by atomic mass is 10.1. The van der Waals surface area contributed by atoms with E-state index in [1.165, 1.54) is 5.56 Å². The Balaban J connectivity index is 1.75. The molecular weight excluding hydrogens is 250 g/mol. The molecule has 2 aromatic carbocycles. The molecule has 0 saturated heterocycles.